The van der Waals surface area contributed by atoms with Crippen LogP contribution in [0.25, 0.3) is 0 Å². The van der Waals surface area contributed by atoms with Gasteiger partial charge in [0, 0.05) is 32.7 Å². The molecule has 1 saturated heterocycles. The van der Waals surface area contributed by atoms with Gasteiger partial charge in [-0.25, -0.2) is 4.79 Å². The molecule has 2 rings (SSSR count). The van der Waals surface area contributed by atoms with Crippen LogP contribution in [0.1, 0.15) is 25.0 Å². The van der Waals surface area contributed by atoms with E-state index in [9.17, 15) is 18.0 Å². The zero-order valence-electron chi connectivity index (χ0n) is 16.2. The minimum absolute atomic E-state index is 0.00706. The monoisotopic (exact) mass is 403 g/mol. The number of nitrogens with one attached hydrogen (secondary N) is 2. The molecule has 0 saturated carbocycles. The first kappa shape index (κ1) is 22.4. The first-order chi connectivity index (χ1) is 13.2. The van der Waals surface area contributed by atoms with Crippen LogP contribution < -0.4 is 10.6 Å². The Labute approximate surface area is 163 Å². The third-order valence-corrected chi connectivity index (χ3v) is 4.24. The predicted octanol–water partition coefficient (Wildman–Crippen LogP) is 2.67. The molecule has 1 fully saturated rings. The van der Waals surface area contributed by atoms with Crippen LogP contribution in [0.5, 0.6) is 0 Å². The standard InChI is InChI=1S/C19H28F3N3O3/c1-14-10-25(11-15(2)28-14)12-17-6-4-3-5-16(17)9-24-18(26)23-7-8-27-13-19(20,21)22/h3-6,14-15H,7-13H2,1-2H3,(H2,23,24,26). The molecule has 2 N–H and O–H groups in total. The van der Waals surface area contributed by atoms with Crippen LogP contribution in [0.3, 0.4) is 0 Å². The van der Waals surface area contributed by atoms with E-state index in [0.29, 0.717) is 6.54 Å². The first-order valence-electron chi connectivity index (χ1n) is 9.33. The average Bonchev–Trinajstić information content (AvgIpc) is 2.59. The van der Waals surface area contributed by atoms with E-state index in [2.05, 4.69) is 34.1 Å². The Kier molecular flexibility index (Phi) is 8.53. The largest absolute Gasteiger partial charge is 0.411 e. The van der Waals surface area contributed by atoms with Gasteiger partial charge in [0.2, 0.25) is 0 Å². The Balaban J connectivity index is 1.76. The number of morpholine rings is 1. The zero-order valence-corrected chi connectivity index (χ0v) is 16.2. The molecule has 28 heavy (non-hydrogen) atoms. The molecule has 0 bridgehead atoms. The second-order valence-corrected chi connectivity index (χ2v) is 7.00. The summed E-state index contributed by atoms with van der Waals surface area (Å²) in [7, 11) is 0. The van der Waals surface area contributed by atoms with E-state index in [1.807, 2.05) is 24.3 Å². The summed E-state index contributed by atoms with van der Waals surface area (Å²) in [6, 6.07) is 7.41. The van der Waals surface area contributed by atoms with Gasteiger partial charge in [-0.1, -0.05) is 24.3 Å². The van der Waals surface area contributed by atoms with Gasteiger partial charge in [-0.05, 0) is 25.0 Å². The van der Waals surface area contributed by atoms with Crippen molar-refractivity contribution < 1.29 is 27.4 Å². The number of urea groups is 1. The molecule has 0 radical (unpaired) electrons. The molecule has 0 aromatic heterocycles. The molecular weight excluding hydrogens is 375 g/mol. The van der Waals surface area contributed by atoms with Crippen molar-refractivity contribution in [2.45, 2.75) is 45.3 Å². The lowest BCUT2D eigenvalue weighted by atomic mass is 10.1. The van der Waals surface area contributed by atoms with Crippen LogP contribution in [0, 0.1) is 0 Å². The van der Waals surface area contributed by atoms with Crippen molar-refractivity contribution >= 4 is 6.03 Å². The maximum atomic E-state index is 12.0. The van der Waals surface area contributed by atoms with Gasteiger partial charge in [0.25, 0.3) is 0 Å². The highest BCUT2D eigenvalue weighted by Gasteiger charge is 2.27. The molecule has 1 aromatic carbocycles. The van der Waals surface area contributed by atoms with Gasteiger partial charge in [0.05, 0.1) is 18.8 Å². The lowest BCUT2D eigenvalue weighted by molar-refractivity contribution is -0.173. The van der Waals surface area contributed by atoms with Crippen molar-refractivity contribution in [3.8, 4) is 0 Å². The fraction of sp³-hybridized carbons (Fsp3) is 0.632. The van der Waals surface area contributed by atoms with Crippen molar-refractivity contribution in [2.75, 3.05) is 32.8 Å². The SMILES string of the molecule is CC1CN(Cc2ccccc2CNC(=O)NCCOCC(F)(F)F)CC(C)O1. The van der Waals surface area contributed by atoms with Crippen LogP contribution in [0.2, 0.25) is 0 Å². The second-order valence-electron chi connectivity index (χ2n) is 7.00. The summed E-state index contributed by atoms with van der Waals surface area (Å²) < 4.78 is 46.1. The number of hydrogen-bond acceptors (Lipinski definition) is 4. The number of hydrogen-bond donors (Lipinski definition) is 2. The summed E-state index contributed by atoms with van der Waals surface area (Å²) >= 11 is 0. The second kappa shape index (κ2) is 10.6. The summed E-state index contributed by atoms with van der Waals surface area (Å²) in [5.74, 6) is 0. The lowest BCUT2D eigenvalue weighted by Gasteiger charge is -2.35. The fourth-order valence-electron chi connectivity index (χ4n) is 3.20. The molecule has 158 valence electrons. The van der Waals surface area contributed by atoms with Crippen molar-refractivity contribution in [1.29, 1.82) is 0 Å². The van der Waals surface area contributed by atoms with Gasteiger partial charge < -0.3 is 20.1 Å². The van der Waals surface area contributed by atoms with Gasteiger partial charge in [-0.15, -0.1) is 0 Å². The molecule has 0 aliphatic carbocycles. The highest BCUT2D eigenvalue weighted by atomic mass is 19.4. The smallest absolute Gasteiger partial charge is 0.373 e. The fourth-order valence-corrected chi connectivity index (χ4v) is 3.20. The number of ether oxygens (including phenoxy) is 2. The topological polar surface area (TPSA) is 62.8 Å². The number of amides is 2. The molecule has 0 spiro atoms. The molecule has 9 heteroatoms. The Morgan fingerprint density at radius 3 is 2.46 bits per heavy atom. The number of carbonyl (C=O) groups excluding carboxylic acids is 1. The summed E-state index contributed by atoms with van der Waals surface area (Å²) in [4.78, 5) is 14.2. The minimum Gasteiger partial charge on any atom is -0.373 e. The van der Waals surface area contributed by atoms with Crippen molar-refractivity contribution in [3.63, 3.8) is 0 Å². The molecular formula is C19H28F3N3O3. The highest BCUT2D eigenvalue weighted by molar-refractivity contribution is 5.73. The van der Waals surface area contributed by atoms with Crippen molar-refractivity contribution in [3.05, 3.63) is 35.4 Å². The van der Waals surface area contributed by atoms with Gasteiger partial charge >= 0.3 is 12.2 Å². The van der Waals surface area contributed by atoms with Crippen LogP contribution in [0.15, 0.2) is 24.3 Å². The quantitative estimate of drug-likeness (QED) is 0.655. The van der Waals surface area contributed by atoms with Crippen molar-refractivity contribution in [1.82, 2.24) is 15.5 Å². The van der Waals surface area contributed by atoms with Crippen LogP contribution >= 0.6 is 0 Å². The Bertz CT molecular complexity index is 618. The van der Waals surface area contributed by atoms with Crippen LogP contribution in [-0.4, -0.2) is 62.2 Å². The molecule has 1 heterocycles. The maximum Gasteiger partial charge on any atom is 0.411 e. The number of alkyl halides is 3. The summed E-state index contributed by atoms with van der Waals surface area (Å²) in [6.07, 6.45) is -4.00. The molecule has 1 aliphatic rings. The first-order valence-corrected chi connectivity index (χ1v) is 9.33. The Morgan fingerprint density at radius 1 is 1.18 bits per heavy atom. The summed E-state index contributed by atoms with van der Waals surface area (Å²) in [6.45, 7) is 5.41. The van der Waals surface area contributed by atoms with E-state index in [1.165, 1.54) is 0 Å². The molecule has 1 aromatic rings. The molecule has 2 unspecified atom stereocenters. The molecule has 2 atom stereocenters. The molecule has 6 nitrogen and oxygen atoms in total. The third-order valence-electron chi connectivity index (χ3n) is 4.24. The Hall–Kier alpha value is -1.84. The van der Waals surface area contributed by atoms with Gasteiger partial charge in [0.1, 0.15) is 6.61 Å². The van der Waals surface area contributed by atoms with Gasteiger partial charge in [-0.3, -0.25) is 4.90 Å². The number of carbonyl (C=O) groups is 1. The summed E-state index contributed by atoms with van der Waals surface area (Å²) in [5, 5.41) is 5.21. The number of nitrogens with zero attached hydrogens (tertiary/aromatic N) is 1. The Morgan fingerprint density at radius 2 is 1.82 bits per heavy atom. The van der Waals surface area contributed by atoms with Crippen molar-refractivity contribution in [2.24, 2.45) is 0 Å². The van der Waals surface area contributed by atoms with Crippen LogP contribution in [0.4, 0.5) is 18.0 Å². The van der Waals surface area contributed by atoms with E-state index < -0.39 is 18.8 Å². The highest BCUT2D eigenvalue weighted by Crippen LogP contribution is 2.17. The molecule has 1 aliphatic heterocycles. The number of halogens is 3. The summed E-state index contributed by atoms with van der Waals surface area (Å²) in [5.41, 5.74) is 2.12. The van der Waals surface area contributed by atoms with Gasteiger partial charge in [-0.2, -0.15) is 13.2 Å². The number of rotatable bonds is 8. The van der Waals surface area contributed by atoms with Crippen LogP contribution in [-0.2, 0) is 22.6 Å². The lowest BCUT2D eigenvalue weighted by Crippen LogP contribution is -2.45. The van der Waals surface area contributed by atoms with E-state index in [0.717, 1.165) is 30.8 Å². The van der Waals surface area contributed by atoms with E-state index in [-0.39, 0.29) is 25.4 Å². The third kappa shape index (κ3) is 8.45. The average molecular weight is 403 g/mol. The van der Waals surface area contributed by atoms with E-state index >= 15 is 0 Å². The minimum atomic E-state index is -4.36. The van der Waals surface area contributed by atoms with Gasteiger partial charge in [0.15, 0.2) is 0 Å². The van der Waals surface area contributed by atoms with E-state index in [1.54, 1.807) is 0 Å². The predicted molar refractivity (Wildman–Crippen MR) is 98.8 cm³/mol. The maximum absolute atomic E-state index is 12.0. The number of benzene rings is 1. The molecule has 2 amide bonds. The van der Waals surface area contributed by atoms with E-state index in [4.69, 9.17) is 4.74 Å². The zero-order chi connectivity index (χ0) is 20.6. The normalized spacial score (nSPS) is 20.8.